The van der Waals surface area contributed by atoms with E-state index in [-0.39, 0.29) is 0 Å². The van der Waals surface area contributed by atoms with Crippen molar-refractivity contribution in [3.63, 3.8) is 0 Å². The smallest absolute Gasteiger partial charge is 0.0406 e. The standard InChI is InChI=1S/C14H19ClN2/c1-16-9-11-17(12-10-16)8-2-3-13-4-6-14(15)7-5-13/h2-7H,8-12H2,1H3. The van der Waals surface area contributed by atoms with E-state index in [4.69, 9.17) is 11.6 Å². The third-order valence-electron chi connectivity index (χ3n) is 3.14. The van der Waals surface area contributed by atoms with Gasteiger partial charge in [0.2, 0.25) is 0 Å². The molecule has 0 spiro atoms. The minimum absolute atomic E-state index is 0.793. The summed E-state index contributed by atoms with van der Waals surface area (Å²) in [5.74, 6) is 0. The largest absolute Gasteiger partial charge is 0.304 e. The Morgan fingerprint density at radius 3 is 2.41 bits per heavy atom. The number of hydrogen-bond donors (Lipinski definition) is 0. The number of hydrogen-bond acceptors (Lipinski definition) is 2. The second-order valence-electron chi connectivity index (χ2n) is 4.56. The third kappa shape index (κ3) is 4.15. The van der Waals surface area contributed by atoms with Crippen LogP contribution in [0.3, 0.4) is 0 Å². The predicted molar refractivity (Wildman–Crippen MR) is 74.4 cm³/mol. The van der Waals surface area contributed by atoms with Gasteiger partial charge >= 0.3 is 0 Å². The van der Waals surface area contributed by atoms with Gasteiger partial charge in [-0.3, -0.25) is 4.90 Å². The van der Waals surface area contributed by atoms with Crippen LogP contribution >= 0.6 is 11.6 Å². The van der Waals surface area contributed by atoms with Crippen molar-refractivity contribution in [1.29, 1.82) is 0 Å². The highest BCUT2D eigenvalue weighted by atomic mass is 35.5. The lowest BCUT2D eigenvalue weighted by molar-refractivity contribution is 0.167. The molecule has 2 rings (SSSR count). The average Bonchev–Trinajstić information content (AvgIpc) is 2.34. The summed E-state index contributed by atoms with van der Waals surface area (Å²) in [6.07, 6.45) is 4.39. The molecule has 1 aliphatic rings. The predicted octanol–water partition coefficient (Wildman–Crippen LogP) is 2.60. The zero-order valence-electron chi connectivity index (χ0n) is 10.3. The van der Waals surface area contributed by atoms with Crippen molar-refractivity contribution >= 4 is 17.7 Å². The summed E-state index contributed by atoms with van der Waals surface area (Å²) in [6.45, 7) is 5.73. The first kappa shape index (κ1) is 12.6. The number of piperazine rings is 1. The van der Waals surface area contributed by atoms with Crippen LogP contribution in [0.15, 0.2) is 30.3 Å². The number of nitrogens with zero attached hydrogens (tertiary/aromatic N) is 2. The van der Waals surface area contributed by atoms with Gasteiger partial charge < -0.3 is 4.90 Å². The lowest BCUT2D eigenvalue weighted by Crippen LogP contribution is -2.44. The lowest BCUT2D eigenvalue weighted by Gasteiger charge is -2.31. The van der Waals surface area contributed by atoms with Crippen LogP contribution in [0.25, 0.3) is 6.08 Å². The fourth-order valence-electron chi connectivity index (χ4n) is 1.94. The molecule has 0 amide bonds. The molecule has 0 saturated carbocycles. The second kappa shape index (κ2) is 6.20. The van der Waals surface area contributed by atoms with Gasteiger partial charge in [0, 0.05) is 37.7 Å². The van der Waals surface area contributed by atoms with Crippen molar-refractivity contribution < 1.29 is 0 Å². The molecule has 2 nitrogen and oxygen atoms in total. The number of benzene rings is 1. The first-order valence-corrected chi connectivity index (χ1v) is 6.45. The number of rotatable bonds is 3. The Kier molecular flexibility index (Phi) is 4.60. The van der Waals surface area contributed by atoms with E-state index in [2.05, 4.69) is 29.0 Å². The van der Waals surface area contributed by atoms with E-state index in [0.717, 1.165) is 11.6 Å². The molecule has 1 fully saturated rings. The topological polar surface area (TPSA) is 6.48 Å². The molecule has 3 heteroatoms. The maximum absolute atomic E-state index is 5.84. The van der Waals surface area contributed by atoms with E-state index in [1.54, 1.807) is 0 Å². The Labute approximate surface area is 108 Å². The number of halogens is 1. The Hall–Kier alpha value is -0.830. The summed E-state index contributed by atoms with van der Waals surface area (Å²) in [5.41, 5.74) is 1.21. The number of likely N-dealkylation sites (N-methyl/N-ethyl adjacent to an activating group) is 1. The summed E-state index contributed by atoms with van der Waals surface area (Å²) in [5, 5.41) is 0.793. The molecule has 0 radical (unpaired) electrons. The van der Waals surface area contributed by atoms with Gasteiger partial charge in [0.15, 0.2) is 0 Å². The highest BCUT2D eigenvalue weighted by molar-refractivity contribution is 6.30. The molecule has 0 bridgehead atoms. The molecule has 1 aliphatic heterocycles. The van der Waals surface area contributed by atoms with Crippen LogP contribution in [-0.4, -0.2) is 49.6 Å². The van der Waals surface area contributed by atoms with Crippen LogP contribution in [0, 0.1) is 0 Å². The maximum Gasteiger partial charge on any atom is 0.0406 e. The highest BCUT2D eigenvalue weighted by Gasteiger charge is 2.11. The van der Waals surface area contributed by atoms with E-state index >= 15 is 0 Å². The third-order valence-corrected chi connectivity index (χ3v) is 3.39. The minimum Gasteiger partial charge on any atom is -0.304 e. The maximum atomic E-state index is 5.84. The normalized spacial score (nSPS) is 18.9. The molecule has 1 aromatic rings. The Morgan fingerprint density at radius 2 is 1.76 bits per heavy atom. The minimum atomic E-state index is 0.793. The van der Waals surface area contributed by atoms with Gasteiger partial charge in [-0.2, -0.15) is 0 Å². The fourth-order valence-corrected chi connectivity index (χ4v) is 2.07. The van der Waals surface area contributed by atoms with E-state index in [1.165, 1.54) is 31.7 Å². The summed E-state index contributed by atoms with van der Waals surface area (Å²) in [7, 11) is 2.18. The van der Waals surface area contributed by atoms with Gasteiger partial charge in [-0.15, -0.1) is 0 Å². The first-order valence-electron chi connectivity index (χ1n) is 6.07. The van der Waals surface area contributed by atoms with Crippen LogP contribution in [0.5, 0.6) is 0 Å². The van der Waals surface area contributed by atoms with Gasteiger partial charge in [-0.05, 0) is 24.7 Å². The van der Waals surface area contributed by atoms with Crippen LogP contribution in [0.4, 0.5) is 0 Å². The zero-order chi connectivity index (χ0) is 12.1. The Bertz CT molecular complexity index is 364. The Balaban J connectivity index is 1.79. The molecule has 0 atom stereocenters. The molecule has 0 aliphatic carbocycles. The molecule has 0 N–H and O–H groups in total. The molecule has 17 heavy (non-hydrogen) atoms. The van der Waals surface area contributed by atoms with Crippen molar-refractivity contribution in [3.05, 3.63) is 40.9 Å². The van der Waals surface area contributed by atoms with Crippen molar-refractivity contribution in [1.82, 2.24) is 9.80 Å². The van der Waals surface area contributed by atoms with E-state index in [1.807, 2.05) is 24.3 Å². The van der Waals surface area contributed by atoms with Crippen LogP contribution in [-0.2, 0) is 0 Å². The average molecular weight is 251 g/mol. The summed E-state index contributed by atoms with van der Waals surface area (Å²) >= 11 is 5.84. The summed E-state index contributed by atoms with van der Waals surface area (Å²) in [6, 6.07) is 7.94. The molecular formula is C14H19ClN2. The second-order valence-corrected chi connectivity index (χ2v) is 4.99. The fraction of sp³-hybridized carbons (Fsp3) is 0.429. The van der Waals surface area contributed by atoms with Gasteiger partial charge in [0.1, 0.15) is 0 Å². The lowest BCUT2D eigenvalue weighted by atomic mass is 10.2. The quantitative estimate of drug-likeness (QED) is 0.814. The molecule has 0 unspecified atom stereocenters. The van der Waals surface area contributed by atoms with Crippen molar-refractivity contribution in [2.75, 3.05) is 39.8 Å². The molecule has 0 aromatic heterocycles. The monoisotopic (exact) mass is 250 g/mol. The molecule has 1 heterocycles. The van der Waals surface area contributed by atoms with Gasteiger partial charge in [-0.25, -0.2) is 0 Å². The van der Waals surface area contributed by atoms with Crippen LogP contribution in [0.1, 0.15) is 5.56 Å². The van der Waals surface area contributed by atoms with Gasteiger partial charge in [0.25, 0.3) is 0 Å². The molecule has 92 valence electrons. The first-order chi connectivity index (χ1) is 8.24. The van der Waals surface area contributed by atoms with E-state index in [9.17, 15) is 0 Å². The molecule has 1 aromatic carbocycles. The zero-order valence-corrected chi connectivity index (χ0v) is 11.0. The molecule has 1 saturated heterocycles. The molecular weight excluding hydrogens is 232 g/mol. The summed E-state index contributed by atoms with van der Waals surface area (Å²) < 4.78 is 0. The summed E-state index contributed by atoms with van der Waals surface area (Å²) in [4.78, 5) is 4.85. The van der Waals surface area contributed by atoms with Gasteiger partial charge in [0.05, 0.1) is 0 Å². The SMILES string of the molecule is CN1CCN(CC=Cc2ccc(Cl)cc2)CC1. The van der Waals surface area contributed by atoms with Crippen molar-refractivity contribution in [3.8, 4) is 0 Å². The van der Waals surface area contributed by atoms with Crippen molar-refractivity contribution in [2.24, 2.45) is 0 Å². The van der Waals surface area contributed by atoms with Gasteiger partial charge in [-0.1, -0.05) is 35.9 Å². The van der Waals surface area contributed by atoms with E-state index in [0.29, 0.717) is 0 Å². The van der Waals surface area contributed by atoms with Crippen molar-refractivity contribution in [2.45, 2.75) is 0 Å². The van der Waals surface area contributed by atoms with E-state index < -0.39 is 0 Å². The van der Waals surface area contributed by atoms with Crippen LogP contribution < -0.4 is 0 Å². The Morgan fingerprint density at radius 1 is 1.12 bits per heavy atom. The van der Waals surface area contributed by atoms with Crippen LogP contribution in [0.2, 0.25) is 5.02 Å². The highest BCUT2D eigenvalue weighted by Crippen LogP contribution is 2.10.